The number of nitrogens with zero attached hydrogens (tertiary/aromatic N) is 1. The first kappa shape index (κ1) is 17.3. The summed E-state index contributed by atoms with van der Waals surface area (Å²) in [5, 5.41) is 0. The molecule has 0 amide bonds. The molecule has 20 heavy (non-hydrogen) atoms. The summed E-state index contributed by atoms with van der Waals surface area (Å²) in [7, 11) is 1.71. The molecule has 1 saturated heterocycles. The predicted octanol–water partition coefficient (Wildman–Crippen LogP) is 2.86. The molecule has 114 valence electrons. The number of ether oxygens (including phenoxy) is 1. The van der Waals surface area contributed by atoms with Crippen molar-refractivity contribution in [3.8, 4) is 5.75 Å². The zero-order valence-corrected chi connectivity index (χ0v) is 13.2. The Morgan fingerprint density at radius 1 is 1.25 bits per heavy atom. The van der Waals surface area contributed by atoms with Gasteiger partial charge in [0.05, 0.1) is 7.11 Å². The summed E-state index contributed by atoms with van der Waals surface area (Å²) in [5.41, 5.74) is 7.11. The molecular weight excluding hydrogens is 272 g/mol. The zero-order valence-electron chi connectivity index (χ0n) is 12.4. The van der Waals surface area contributed by atoms with Crippen molar-refractivity contribution in [3.05, 3.63) is 29.8 Å². The van der Waals surface area contributed by atoms with Crippen molar-refractivity contribution in [2.75, 3.05) is 26.7 Å². The van der Waals surface area contributed by atoms with E-state index in [1.807, 2.05) is 12.1 Å². The Labute approximate surface area is 128 Å². The maximum absolute atomic E-state index is 5.72. The standard InChI is InChI=1S/C16H26N2O.ClH/c1-19-16-7-5-14(6-8-16)10-13-18-12-3-2-4-15(18)9-11-17;/h5-8,15H,2-4,9-13,17H2,1H3;1H. The van der Waals surface area contributed by atoms with E-state index in [1.54, 1.807) is 7.11 Å². The first-order valence-electron chi connectivity index (χ1n) is 7.40. The lowest BCUT2D eigenvalue weighted by molar-refractivity contribution is 0.144. The van der Waals surface area contributed by atoms with Gasteiger partial charge in [-0.3, -0.25) is 0 Å². The summed E-state index contributed by atoms with van der Waals surface area (Å²) in [6.07, 6.45) is 6.28. The van der Waals surface area contributed by atoms with Gasteiger partial charge in [0.2, 0.25) is 0 Å². The van der Waals surface area contributed by atoms with Crippen molar-refractivity contribution < 1.29 is 4.74 Å². The smallest absolute Gasteiger partial charge is 0.118 e. The zero-order chi connectivity index (χ0) is 13.5. The number of methoxy groups -OCH3 is 1. The van der Waals surface area contributed by atoms with Gasteiger partial charge in [0, 0.05) is 12.6 Å². The van der Waals surface area contributed by atoms with Crippen LogP contribution in [0.1, 0.15) is 31.2 Å². The van der Waals surface area contributed by atoms with Crippen molar-refractivity contribution in [1.82, 2.24) is 4.90 Å². The van der Waals surface area contributed by atoms with Crippen molar-refractivity contribution >= 4 is 12.4 Å². The molecular formula is C16H27ClN2O. The fourth-order valence-corrected chi connectivity index (χ4v) is 2.94. The van der Waals surface area contributed by atoms with Crippen LogP contribution in [0.5, 0.6) is 5.75 Å². The van der Waals surface area contributed by atoms with E-state index in [1.165, 1.54) is 31.4 Å². The Hall–Kier alpha value is -0.770. The van der Waals surface area contributed by atoms with Crippen LogP contribution in [0.3, 0.4) is 0 Å². The van der Waals surface area contributed by atoms with E-state index >= 15 is 0 Å². The van der Waals surface area contributed by atoms with Crippen LogP contribution in [0.25, 0.3) is 0 Å². The molecule has 2 N–H and O–H groups in total. The van der Waals surface area contributed by atoms with Crippen molar-refractivity contribution in [1.29, 1.82) is 0 Å². The number of piperidine rings is 1. The van der Waals surface area contributed by atoms with Crippen LogP contribution in [-0.4, -0.2) is 37.7 Å². The molecule has 0 bridgehead atoms. The molecule has 4 heteroatoms. The van der Waals surface area contributed by atoms with Gasteiger partial charge in [0.1, 0.15) is 5.75 Å². The van der Waals surface area contributed by atoms with E-state index in [0.717, 1.165) is 31.7 Å². The quantitative estimate of drug-likeness (QED) is 0.878. The van der Waals surface area contributed by atoms with Gasteiger partial charge in [0.15, 0.2) is 0 Å². The Balaban J connectivity index is 0.00000200. The lowest BCUT2D eigenvalue weighted by atomic mass is 9.98. The van der Waals surface area contributed by atoms with Crippen LogP contribution < -0.4 is 10.5 Å². The van der Waals surface area contributed by atoms with E-state index in [-0.39, 0.29) is 12.4 Å². The molecule has 1 aliphatic heterocycles. The first-order valence-corrected chi connectivity index (χ1v) is 7.40. The SMILES string of the molecule is COc1ccc(CCN2CCCCC2CCN)cc1.Cl. The van der Waals surface area contributed by atoms with Crippen molar-refractivity contribution in [3.63, 3.8) is 0 Å². The third-order valence-corrected chi connectivity index (χ3v) is 4.10. The molecule has 1 aliphatic rings. The molecule has 1 atom stereocenters. The highest BCUT2D eigenvalue weighted by Crippen LogP contribution is 2.20. The third kappa shape index (κ3) is 4.97. The van der Waals surface area contributed by atoms with Crippen LogP contribution in [0.4, 0.5) is 0 Å². The molecule has 1 unspecified atom stereocenters. The minimum Gasteiger partial charge on any atom is -0.497 e. The molecule has 0 spiro atoms. The van der Waals surface area contributed by atoms with E-state index in [4.69, 9.17) is 10.5 Å². The highest BCUT2D eigenvalue weighted by Gasteiger charge is 2.20. The second-order valence-electron chi connectivity index (χ2n) is 5.36. The summed E-state index contributed by atoms with van der Waals surface area (Å²) in [6.45, 7) is 3.20. The van der Waals surface area contributed by atoms with E-state index in [0.29, 0.717) is 6.04 Å². The van der Waals surface area contributed by atoms with Crippen LogP contribution >= 0.6 is 12.4 Å². The number of benzene rings is 1. The van der Waals surface area contributed by atoms with Gasteiger partial charge >= 0.3 is 0 Å². The summed E-state index contributed by atoms with van der Waals surface area (Å²) in [5.74, 6) is 0.933. The average Bonchev–Trinajstić information content (AvgIpc) is 2.47. The second kappa shape index (κ2) is 9.22. The van der Waals surface area contributed by atoms with Crippen LogP contribution in [0.15, 0.2) is 24.3 Å². The average molecular weight is 299 g/mol. The van der Waals surface area contributed by atoms with E-state index < -0.39 is 0 Å². The number of likely N-dealkylation sites (tertiary alicyclic amines) is 1. The maximum atomic E-state index is 5.72. The monoisotopic (exact) mass is 298 g/mol. The number of nitrogens with two attached hydrogens (primary N) is 1. The fourth-order valence-electron chi connectivity index (χ4n) is 2.94. The highest BCUT2D eigenvalue weighted by atomic mass is 35.5. The maximum Gasteiger partial charge on any atom is 0.118 e. The van der Waals surface area contributed by atoms with Crippen LogP contribution in [0, 0.1) is 0 Å². The Bertz CT molecular complexity index is 367. The molecule has 0 saturated carbocycles. The summed E-state index contributed by atoms with van der Waals surface area (Å²) in [6, 6.07) is 9.13. The van der Waals surface area contributed by atoms with Gasteiger partial charge in [0.25, 0.3) is 0 Å². The van der Waals surface area contributed by atoms with E-state index in [2.05, 4.69) is 17.0 Å². The lowest BCUT2D eigenvalue weighted by Crippen LogP contribution is -2.41. The fraction of sp³-hybridized carbons (Fsp3) is 0.625. The topological polar surface area (TPSA) is 38.5 Å². The molecule has 1 aromatic rings. The molecule has 2 rings (SSSR count). The third-order valence-electron chi connectivity index (χ3n) is 4.10. The molecule has 0 aromatic heterocycles. The van der Waals surface area contributed by atoms with Gasteiger partial charge in [-0.2, -0.15) is 0 Å². The predicted molar refractivity (Wildman–Crippen MR) is 86.8 cm³/mol. The largest absolute Gasteiger partial charge is 0.497 e. The van der Waals surface area contributed by atoms with E-state index in [9.17, 15) is 0 Å². The molecule has 0 aliphatic carbocycles. The summed E-state index contributed by atoms with van der Waals surface area (Å²) < 4.78 is 5.19. The normalized spacial score (nSPS) is 19.4. The Morgan fingerprint density at radius 2 is 2.00 bits per heavy atom. The van der Waals surface area contributed by atoms with Crippen molar-refractivity contribution in [2.24, 2.45) is 5.73 Å². The molecule has 1 aromatic carbocycles. The minimum absolute atomic E-state index is 0. The lowest BCUT2D eigenvalue weighted by Gasteiger charge is -2.35. The number of rotatable bonds is 6. The highest BCUT2D eigenvalue weighted by molar-refractivity contribution is 5.85. The van der Waals surface area contributed by atoms with Crippen molar-refractivity contribution in [2.45, 2.75) is 38.1 Å². The van der Waals surface area contributed by atoms with Crippen LogP contribution in [0.2, 0.25) is 0 Å². The summed E-state index contributed by atoms with van der Waals surface area (Å²) in [4.78, 5) is 2.63. The Kier molecular flexibility index (Phi) is 7.97. The van der Waals surface area contributed by atoms with Crippen LogP contribution in [-0.2, 0) is 6.42 Å². The molecule has 1 heterocycles. The number of hydrogen-bond donors (Lipinski definition) is 1. The van der Waals surface area contributed by atoms with Gasteiger partial charge in [-0.05, 0) is 56.5 Å². The van der Waals surface area contributed by atoms with Gasteiger partial charge in [-0.15, -0.1) is 12.4 Å². The van der Waals surface area contributed by atoms with Gasteiger partial charge in [-0.1, -0.05) is 18.6 Å². The number of hydrogen-bond acceptors (Lipinski definition) is 3. The summed E-state index contributed by atoms with van der Waals surface area (Å²) >= 11 is 0. The van der Waals surface area contributed by atoms with Gasteiger partial charge < -0.3 is 15.4 Å². The Morgan fingerprint density at radius 3 is 2.65 bits per heavy atom. The minimum atomic E-state index is 0. The molecule has 1 fully saturated rings. The molecule has 0 radical (unpaired) electrons. The first-order chi connectivity index (χ1) is 9.33. The number of halogens is 1. The second-order valence-corrected chi connectivity index (χ2v) is 5.36. The molecule has 3 nitrogen and oxygen atoms in total. The van der Waals surface area contributed by atoms with Gasteiger partial charge in [-0.25, -0.2) is 0 Å².